The number of carbonyl (C=O) groups excluding carboxylic acids is 2. The Morgan fingerprint density at radius 1 is 1.23 bits per heavy atom. The summed E-state index contributed by atoms with van der Waals surface area (Å²) in [6.07, 6.45) is 0.438. The van der Waals surface area contributed by atoms with Gasteiger partial charge in [-0.25, -0.2) is 14.8 Å². The highest BCUT2D eigenvalue weighted by atomic mass is 16.5. The molecule has 0 saturated carbocycles. The van der Waals surface area contributed by atoms with E-state index in [2.05, 4.69) is 15.3 Å². The van der Waals surface area contributed by atoms with Crippen molar-refractivity contribution in [2.45, 2.75) is 26.8 Å². The molecule has 0 aliphatic rings. The summed E-state index contributed by atoms with van der Waals surface area (Å²) in [7, 11) is 0. The fourth-order valence-corrected chi connectivity index (χ4v) is 2.84. The quantitative estimate of drug-likeness (QED) is 0.655. The minimum Gasteiger partial charge on any atom is -0.462 e. The first-order valence-electron chi connectivity index (χ1n) is 8.41. The SMILES string of the molecule is CCOC(=O)c1c(NC(C)=O)n(CCCO)c2nc3ccccc3nc12. The van der Waals surface area contributed by atoms with Crippen molar-refractivity contribution in [2.75, 3.05) is 18.5 Å². The second-order valence-corrected chi connectivity index (χ2v) is 5.74. The van der Waals surface area contributed by atoms with E-state index in [-0.39, 0.29) is 30.5 Å². The Balaban J connectivity index is 2.35. The molecule has 2 N–H and O–H groups in total. The molecule has 0 atom stereocenters. The van der Waals surface area contributed by atoms with Crippen LogP contribution in [0.1, 0.15) is 30.6 Å². The van der Waals surface area contributed by atoms with E-state index in [1.807, 2.05) is 18.2 Å². The molecule has 1 amide bonds. The number of carbonyl (C=O) groups is 2. The van der Waals surface area contributed by atoms with Gasteiger partial charge in [0.2, 0.25) is 5.91 Å². The number of amides is 1. The number of aromatic nitrogens is 3. The van der Waals surface area contributed by atoms with Crippen molar-refractivity contribution < 1.29 is 19.4 Å². The van der Waals surface area contributed by atoms with Crippen LogP contribution in [0.25, 0.3) is 22.2 Å². The lowest BCUT2D eigenvalue weighted by Gasteiger charge is -2.11. The van der Waals surface area contributed by atoms with Crippen molar-refractivity contribution in [3.05, 3.63) is 29.8 Å². The highest BCUT2D eigenvalue weighted by molar-refractivity contribution is 6.11. The Kier molecular flexibility index (Phi) is 5.13. The van der Waals surface area contributed by atoms with Gasteiger partial charge < -0.3 is 19.7 Å². The summed E-state index contributed by atoms with van der Waals surface area (Å²) in [6, 6.07) is 7.32. The van der Waals surface area contributed by atoms with E-state index in [9.17, 15) is 14.7 Å². The van der Waals surface area contributed by atoms with Crippen LogP contribution >= 0.6 is 0 Å². The molecule has 0 radical (unpaired) electrons. The molecule has 8 nitrogen and oxygen atoms in total. The van der Waals surface area contributed by atoms with Crippen LogP contribution in [0.3, 0.4) is 0 Å². The van der Waals surface area contributed by atoms with Crippen LogP contribution in [0, 0.1) is 0 Å². The fourth-order valence-electron chi connectivity index (χ4n) is 2.84. The Morgan fingerprint density at radius 3 is 2.54 bits per heavy atom. The average Bonchev–Trinajstić information content (AvgIpc) is 2.89. The fraction of sp³-hybridized carbons (Fsp3) is 0.333. The molecule has 1 aromatic carbocycles. The first kappa shape index (κ1) is 17.8. The summed E-state index contributed by atoms with van der Waals surface area (Å²) >= 11 is 0. The van der Waals surface area contributed by atoms with Gasteiger partial charge in [0.1, 0.15) is 16.9 Å². The third kappa shape index (κ3) is 3.23. The Hall–Kier alpha value is -3.00. The molecule has 0 bridgehead atoms. The number of nitrogens with one attached hydrogen (secondary N) is 1. The minimum absolute atomic E-state index is 0.0328. The topological polar surface area (TPSA) is 106 Å². The Labute approximate surface area is 149 Å². The van der Waals surface area contributed by atoms with Gasteiger partial charge in [0.25, 0.3) is 0 Å². The largest absolute Gasteiger partial charge is 0.462 e. The third-order valence-electron chi connectivity index (χ3n) is 3.87. The number of aliphatic hydroxyl groups excluding tert-OH is 1. The summed E-state index contributed by atoms with van der Waals surface area (Å²) in [5.74, 6) is -0.614. The third-order valence-corrected chi connectivity index (χ3v) is 3.87. The van der Waals surface area contributed by atoms with Crippen molar-refractivity contribution >= 4 is 39.9 Å². The lowest BCUT2D eigenvalue weighted by Crippen LogP contribution is -2.16. The first-order valence-corrected chi connectivity index (χ1v) is 8.41. The first-order chi connectivity index (χ1) is 12.6. The predicted octanol–water partition coefficient (Wildman–Crippen LogP) is 2.10. The lowest BCUT2D eigenvalue weighted by molar-refractivity contribution is -0.114. The van der Waals surface area contributed by atoms with Crippen molar-refractivity contribution in [1.29, 1.82) is 0 Å². The molecular weight excluding hydrogens is 336 g/mol. The second kappa shape index (κ2) is 7.49. The van der Waals surface area contributed by atoms with E-state index in [1.165, 1.54) is 6.92 Å². The van der Waals surface area contributed by atoms with Crippen molar-refractivity contribution in [3.63, 3.8) is 0 Å². The number of aryl methyl sites for hydroxylation is 1. The van der Waals surface area contributed by atoms with Gasteiger partial charge >= 0.3 is 5.97 Å². The number of aliphatic hydroxyl groups is 1. The van der Waals surface area contributed by atoms with Crippen LogP contribution in [0.2, 0.25) is 0 Å². The van der Waals surface area contributed by atoms with Crippen LogP contribution in [-0.2, 0) is 16.1 Å². The molecule has 0 unspecified atom stereocenters. The van der Waals surface area contributed by atoms with Gasteiger partial charge in [-0.3, -0.25) is 4.79 Å². The molecular formula is C18H20N4O4. The van der Waals surface area contributed by atoms with E-state index < -0.39 is 5.97 Å². The molecule has 2 aromatic heterocycles. The lowest BCUT2D eigenvalue weighted by atomic mass is 10.2. The number of hydrogen-bond acceptors (Lipinski definition) is 6. The monoisotopic (exact) mass is 356 g/mol. The number of nitrogens with zero attached hydrogens (tertiary/aromatic N) is 3. The minimum atomic E-state index is -0.575. The molecule has 0 aliphatic heterocycles. The van der Waals surface area contributed by atoms with Crippen LogP contribution in [-0.4, -0.2) is 44.7 Å². The summed E-state index contributed by atoms with van der Waals surface area (Å²) in [5.41, 5.74) is 2.31. The van der Waals surface area contributed by atoms with Gasteiger partial charge in [-0.05, 0) is 25.5 Å². The molecule has 0 aliphatic carbocycles. The van der Waals surface area contributed by atoms with Gasteiger partial charge in [-0.2, -0.15) is 0 Å². The number of fused-ring (bicyclic) bond motifs is 2. The molecule has 0 saturated heterocycles. The summed E-state index contributed by atoms with van der Waals surface area (Å²) < 4.78 is 6.86. The number of hydrogen-bond donors (Lipinski definition) is 2. The number of para-hydroxylation sites is 2. The summed E-state index contributed by atoms with van der Waals surface area (Å²) in [4.78, 5) is 33.5. The Bertz CT molecular complexity index is 980. The van der Waals surface area contributed by atoms with Crippen LogP contribution in [0.4, 0.5) is 5.82 Å². The van der Waals surface area contributed by atoms with E-state index in [1.54, 1.807) is 17.6 Å². The molecule has 0 fully saturated rings. The second-order valence-electron chi connectivity index (χ2n) is 5.74. The van der Waals surface area contributed by atoms with E-state index in [0.717, 1.165) is 0 Å². The van der Waals surface area contributed by atoms with Crippen LogP contribution in [0.5, 0.6) is 0 Å². The van der Waals surface area contributed by atoms with E-state index in [4.69, 9.17) is 4.74 Å². The highest BCUT2D eigenvalue weighted by Gasteiger charge is 2.27. The van der Waals surface area contributed by atoms with Crippen LogP contribution < -0.4 is 5.32 Å². The van der Waals surface area contributed by atoms with Crippen molar-refractivity contribution in [3.8, 4) is 0 Å². The maximum Gasteiger partial charge on any atom is 0.344 e. The Morgan fingerprint density at radius 2 is 1.92 bits per heavy atom. The van der Waals surface area contributed by atoms with Crippen molar-refractivity contribution in [1.82, 2.24) is 14.5 Å². The van der Waals surface area contributed by atoms with Gasteiger partial charge in [-0.1, -0.05) is 12.1 Å². The standard InChI is InChI=1S/C18H20N4O4/c1-3-26-18(25)14-15-17(21-13-8-5-4-7-12(13)20-15)22(9-6-10-23)16(14)19-11(2)24/h4-5,7-8,23H,3,6,9-10H2,1-2H3,(H,19,24). The number of anilines is 1. The smallest absolute Gasteiger partial charge is 0.344 e. The number of rotatable bonds is 6. The normalized spacial score (nSPS) is 11.0. The zero-order valence-corrected chi connectivity index (χ0v) is 14.7. The molecule has 0 spiro atoms. The summed E-state index contributed by atoms with van der Waals surface area (Å²) in [6.45, 7) is 3.61. The van der Waals surface area contributed by atoms with Gasteiger partial charge in [0.15, 0.2) is 5.65 Å². The molecule has 136 valence electrons. The van der Waals surface area contributed by atoms with E-state index in [0.29, 0.717) is 35.2 Å². The predicted molar refractivity (Wildman–Crippen MR) is 97.0 cm³/mol. The molecule has 8 heteroatoms. The van der Waals surface area contributed by atoms with Gasteiger partial charge in [0.05, 0.1) is 17.6 Å². The number of benzene rings is 1. The molecule has 26 heavy (non-hydrogen) atoms. The highest BCUT2D eigenvalue weighted by Crippen LogP contribution is 2.31. The zero-order chi connectivity index (χ0) is 18.7. The maximum atomic E-state index is 12.6. The van der Waals surface area contributed by atoms with Crippen molar-refractivity contribution in [2.24, 2.45) is 0 Å². The maximum absolute atomic E-state index is 12.6. The average molecular weight is 356 g/mol. The van der Waals surface area contributed by atoms with Crippen LogP contribution in [0.15, 0.2) is 24.3 Å². The zero-order valence-electron chi connectivity index (χ0n) is 14.7. The molecule has 3 rings (SSSR count). The van der Waals surface area contributed by atoms with Gasteiger partial charge in [0, 0.05) is 20.1 Å². The van der Waals surface area contributed by atoms with Gasteiger partial charge in [-0.15, -0.1) is 0 Å². The molecule has 3 aromatic rings. The number of esters is 1. The summed E-state index contributed by atoms with van der Waals surface area (Å²) in [5, 5.41) is 11.9. The van der Waals surface area contributed by atoms with E-state index >= 15 is 0 Å². The number of ether oxygens (including phenoxy) is 1. The molecule has 2 heterocycles.